The Hall–Kier alpha value is -1.36. The van der Waals surface area contributed by atoms with Gasteiger partial charge < -0.3 is 14.6 Å². The molecule has 0 fully saturated rings. The predicted octanol–water partition coefficient (Wildman–Crippen LogP) is 11.3. The fraction of sp³-hybridized carbons (Fsp3) is 0.895. The van der Waals surface area contributed by atoms with Crippen molar-refractivity contribution in [1.82, 2.24) is 0 Å². The van der Waals surface area contributed by atoms with Crippen molar-refractivity contribution in [1.29, 1.82) is 0 Å². The highest BCUT2D eigenvalue weighted by Gasteiger charge is 2.16. The molecule has 0 aliphatic heterocycles. The molecule has 0 rings (SSSR count). The number of allylic oxidation sites excluding steroid dienone is 2. The van der Waals surface area contributed by atoms with Gasteiger partial charge >= 0.3 is 11.9 Å². The van der Waals surface area contributed by atoms with Crippen LogP contribution in [0.1, 0.15) is 200 Å². The molecule has 254 valence electrons. The molecule has 1 N–H and O–H groups in total. The maximum absolute atomic E-state index is 12.1. The van der Waals surface area contributed by atoms with E-state index in [0.717, 1.165) is 38.5 Å². The second kappa shape index (κ2) is 35.1. The topological polar surface area (TPSA) is 72.8 Å². The summed E-state index contributed by atoms with van der Waals surface area (Å²) in [5, 5.41) is 9.52. The lowest BCUT2D eigenvalue weighted by molar-refractivity contribution is -0.161. The fourth-order valence-electron chi connectivity index (χ4n) is 5.43. The van der Waals surface area contributed by atoms with Crippen molar-refractivity contribution in [2.75, 3.05) is 13.2 Å². The summed E-state index contributed by atoms with van der Waals surface area (Å²) in [6, 6.07) is 0. The lowest BCUT2D eigenvalue weighted by atomic mass is 10.1. The highest BCUT2D eigenvalue weighted by Crippen LogP contribution is 2.14. The summed E-state index contributed by atoms with van der Waals surface area (Å²) in [7, 11) is 0. The Bertz CT molecular complexity index is 617. The molecule has 0 aliphatic carbocycles. The van der Waals surface area contributed by atoms with Crippen LogP contribution in [0.5, 0.6) is 0 Å². The highest BCUT2D eigenvalue weighted by atomic mass is 16.6. The van der Waals surface area contributed by atoms with E-state index >= 15 is 0 Å². The molecule has 0 aromatic heterocycles. The van der Waals surface area contributed by atoms with E-state index in [1.807, 2.05) is 0 Å². The van der Waals surface area contributed by atoms with Crippen molar-refractivity contribution in [3.63, 3.8) is 0 Å². The number of aliphatic hydroxyl groups excluding tert-OH is 1. The number of hydrogen-bond donors (Lipinski definition) is 1. The summed E-state index contributed by atoms with van der Waals surface area (Å²) < 4.78 is 10.6. The minimum absolute atomic E-state index is 0.0621. The van der Waals surface area contributed by atoms with Crippen molar-refractivity contribution in [2.45, 2.75) is 206 Å². The number of hydrogen-bond acceptors (Lipinski definition) is 5. The number of esters is 2. The lowest BCUT2D eigenvalue weighted by Gasteiger charge is -2.15. The molecule has 0 saturated heterocycles. The zero-order chi connectivity index (χ0) is 31.5. The number of carbonyl (C=O) groups is 2. The van der Waals surface area contributed by atoms with Crippen LogP contribution >= 0.6 is 0 Å². The van der Waals surface area contributed by atoms with Gasteiger partial charge in [0.25, 0.3) is 0 Å². The molecule has 0 aromatic carbocycles. The van der Waals surface area contributed by atoms with Crippen LogP contribution < -0.4 is 0 Å². The van der Waals surface area contributed by atoms with Crippen molar-refractivity contribution < 1.29 is 24.2 Å². The first-order chi connectivity index (χ1) is 21.1. The third-order valence-corrected chi connectivity index (χ3v) is 8.31. The van der Waals surface area contributed by atoms with Crippen LogP contribution in [-0.4, -0.2) is 36.4 Å². The van der Waals surface area contributed by atoms with Crippen LogP contribution in [0.15, 0.2) is 12.2 Å². The van der Waals surface area contributed by atoms with E-state index in [9.17, 15) is 14.7 Å². The first-order valence-electron chi connectivity index (χ1n) is 18.7. The fourth-order valence-corrected chi connectivity index (χ4v) is 5.43. The molecule has 0 aromatic rings. The van der Waals surface area contributed by atoms with Crippen LogP contribution in [0.3, 0.4) is 0 Å². The molecule has 0 aliphatic rings. The van der Waals surface area contributed by atoms with E-state index < -0.39 is 6.10 Å². The monoisotopic (exact) mass is 609 g/mol. The van der Waals surface area contributed by atoms with Crippen molar-refractivity contribution in [3.8, 4) is 0 Å². The quantitative estimate of drug-likeness (QED) is 0.0447. The van der Waals surface area contributed by atoms with E-state index in [0.29, 0.717) is 12.8 Å². The molecule has 43 heavy (non-hydrogen) atoms. The Labute approximate surface area is 267 Å². The number of rotatable bonds is 34. The number of carbonyl (C=O) groups excluding carboxylic acids is 2. The summed E-state index contributed by atoms with van der Waals surface area (Å²) in [6.07, 6.45) is 38.4. The Balaban J connectivity index is 3.53. The molecule has 5 heteroatoms. The molecule has 0 bridgehead atoms. The molecule has 0 amide bonds. The molecular weight excluding hydrogens is 536 g/mol. The normalized spacial score (nSPS) is 12.2. The molecule has 0 heterocycles. The van der Waals surface area contributed by atoms with Crippen LogP contribution in [0.25, 0.3) is 0 Å². The summed E-state index contributed by atoms with van der Waals surface area (Å²) >= 11 is 0. The molecule has 0 radical (unpaired) electrons. The summed E-state index contributed by atoms with van der Waals surface area (Å²) in [4.78, 5) is 24.1. The summed E-state index contributed by atoms with van der Waals surface area (Å²) in [5.41, 5.74) is 0. The number of ether oxygens (including phenoxy) is 2. The van der Waals surface area contributed by atoms with E-state index in [1.54, 1.807) is 0 Å². The maximum atomic E-state index is 12.1. The lowest BCUT2D eigenvalue weighted by Crippen LogP contribution is -2.28. The van der Waals surface area contributed by atoms with E-state index in [2.05, 4.69) is 26.0 Å². The third-order valence-electron chi connectivity index (χ3n) is 8.31. The third kappa shape index (κ3) is 33.4. The first kappa shape index (κ1) is 41.6. The average molecular weight is 609 g/mol. The zero-order valence-corrected chi connectivity index (χ0v) is 28.7. The second-order valence-electron chi connectivity index (χ2n) is 12.7. The van der Waals surface area contributed by atoms with Gasteiger partial charge in [-0.15, -0.1) is 0 Å². The molecule has 0 spiro atoms. The van der Waals surface area contributed by atoms with Crippen molar-refractivity contribution >= 4 is 11.9 Å². The summed E-state index contributed by atoms with van der Waals surface area (Å²) in [5.74, 6) is -0.589. The molecule has 0 saturated carbocycles. The van der Waals surface area contributed by atoms with Crippen molar-refractivity contribution in [3.05, 3.63) is 12.2 Å². The largest absolute Gasteiger partial charge is 0.462 e. The predicted molar refractivity (Wildman–Crippen MR) is 182 cm³/mol. The molecule has 1 unspecified atom stereocenters. The molecule has 1 atom stereocenters. The maximum Gasteiger partial charge on any atom is 0.306 e. The van der Waals surface area contributed by atoms with Gasteiger partial charge in [-0.05, 0) is 38.5 Å². The smallest absolute Gasteiger partial charge is 0.306 e. The minimum Gasteiger partial charge on any atom is -0.462 e. The Morgan fingerprint density at radius 3 is 1.26 bits per heavy atom. The van der Waals surface area contributed by atoms with Crippen LogP contribution in [0, 0.1) is 0 Å². The Morgan fingerprint density at radius 2 is 0.860 bits per heavy atom. The molecular formula is C38H72O5. The summed E-state index contributed by atoms with van der Waals surface area (Å²) in [6.45, 7) is 4.13. The van der Waals surface area contributed by atoms with Gasteiger partial charge in [0.05, 0.1) is 6.61 Å². The zero-order valence-electron chi connectivity index (χ0n) is 28.7. The second-order valence-corrected chi connectivity index (χ2v) is 12.7. The van der Waals surface area contributed by atoms with Gasteiger partial charge in [-0.2, -0.15) is 0 Å². The van der Waals surface area contributed by atoms with Gasteiger partial charge in [-0.1, -0.05) is 161 Å². The van der Waals surface area contributed by atoms with Gasteiger partial charge in [0.2, 0.25) is 0 Å². The van der Waals surface area contributed by atoms with Gasteiger partial charge in [-0.3, -0.25) is 9.59 Å². The van der Waals surface area contributed by atoms with E-state index in [-0.39, 0.29) is 25.2 Å². The van der Waals surface area contributed by atoms with Gasteiger partial charge in [0, 0.05) is 12.8 Å². The molecule has 5 nitrogen and oxygen atoms in total. The number of aliphatic hydroxyl groups is 1. The van der Waals surface area contributed by atoms with E-state index in [1.165, 1.54) is 135 Å². The Kier molecular flexibility index (Phi) is 34.0. The van der Waals surface area contributed by atoms with Gasteiger partial charge in [0.15, 0.2) is 6.10 Å². The first-order valence-corrected chi connectivity index (χ1v) is 18.7. The van der Waals surface area contributed by atoms with Crippen LogP contribution in [0.2, 0.25) is 0 Å². The highest BCUT2D eigenvalue weighted by molar-refractivity contribution is 5.70. The van der Waals surface area contributed by atoms with Gasteiger partial charge in [0.1, 0.15) is 6.61 Å². The minimum atomic E-state index is -0.765. The van der Waals surface area contributed by atoms with E-state index in [4.69, 9.17) is 9.47 Å². The van der Waals surface area contributed by atoms with Crippen LogP contribution in [0.4, 0.5) is 0 Å². The standard InChI is InChI=1S/C38H72O5/c1-3-5-7-9-11-13-15-16-17-18-19-20-21-23-25-27-29-31-33-38(41)43-36(34-39)35-42-37(40)32-30-28-26-24-22-14-12-10-8-6-4-2/h17-18,36,39H,3-16,19-35H2,1-2H3/b18-17-. The SMILES string of the molecule is CCCCCCCCC/C=C\CCCCCCCCCC(=O)OC(CO)COC(=O)CCCCCCCCCCCCC. The Morgan fingerprint density at radius 1 is 0.512 bits per heavy atom. The average Bonchev–Trinajstić information content (AvgIpc) is 3.01. The number of unbranched alkanes of at least 4 members (excludes halogenated alkanes) is 24. The van der Waals surface area contributed by atoms with Crippen LogP contribution in [-0.2, 0) is 19.1 Å². The van der Waals surface area contributed by atoms with Crippen molar-refractivity contribution in [2.24, 2.45) is 0 Å². The van der Waals surface area contributed by atoms with Gasteiger partial charge in [-0.25, -0.2) is 0 Å².